The van der Waals surface area contributed by atoms with Crippen LogP contribution in [0.1, 0.15) is 18.9 Å². The summed E-state index contributed by atoms with van der Waals surface area (Å²) in [5.74, 6) is -2.39. The summed E-state index contributed by atoms with van der Waals surface area (Å²) >= 11 is 6.18. The molecule has 9 heteroatoms. The van der Waals surface area contributed by atoms with Gasteiger partial charge in [-0.15, -0.1) is 0 Å². The molecule has 0 saturated carbocycles. The number of carboxylic acids is 2. The molecule has 2 rings (SSSR count). The van der Waals surface area contributed by atoms with Crippen molar-refractivity contribution in [2.24, 2.45) is 5.41 Å². The molecule has 8 nitrogen and oxygen atoms in total. The third-order valence-electron chi connectivity index (χ3n) is 3.94. The predicted octanol–water partition coefficient (Wildman–Crippen LogP) is 3.06. The molecule has 0 amide bonds. The Bertz CT molecular complexity index is 843. The number of hydrogen-bond donors (Lipinski definition) is 2. The summed E-state index contributed by atoms with van der Waals surface area (Å²) in [5.41, 5.74) is -1.86. The van der Waals surface area contributed by atoms with Gasteiger partial charge in [-0.05, 0) is 13.0 Å². The Morgan fingerprint density at radius 2 is 2.00 bits per heavy atom. The van der Waals surface area contributed by atoms with E-state index in [0.29, 0.717) is 0 Å². The van der Waals surface area contributed by atoms with Crippen LogP contribution in [-0.4, -0.2) is 34.2 Å². The number of benzene rings is 1. The minimum absolute atomic E-state index is 0.0655. The van der Waals surface area contributed by atoms with Crippen LogP contribution < -0.4 is 4.74 Å². The molecule has 1 aromatic carbocycles. The Morgan fingerprint density at radius 3 is 2.48 bits per heavy atom. The highest BCUT2D eigenvalue weighted by molar-refractivity contribution is 6.39. The lowest BCUT2D eigenvalue weighted by atomic mass is 9.76. The average molecular weight is 368 g/mol. The van der Waals surface area contributed by atoms with Crippen LogP contribution in [0.4, 0.5) is 5.69 Å². The van der Waals surface area contributed by atoms with Crippen LogP contribution in [0.3, 0.4) is 0 Å². The molecule has 0 bridgehead atoms. The van der Waals surface area contributed by atoms with Crippen molar-refractivity contribution in [1.29, 1.82) is 0 Å². The molecule has 0 heterocycles. The van der Waals surface area contributed by atoms with Crippen molar-refractivity contribution in [3.63, 3.8) is 0 Å². The summed E-state index contributed by atoms with van der Waals surface area (Å²) in [4.78, 5) is 33.5. The first-order chi connectivity index (χ1) is 11.6. The first-order valence-electron chi connectivity index (χ1n) is 7.02. The van der Waals surface area contributed by atoms with Crippen molar-refractivity contribution in [2.45, 2.75) is 13.3 Å². The van der Waals surface area contributed by atoms with Gasteiger partial charge in [-0.25, -0.2) is 4.79 Å². The smallest absolute Gasteiger partial charge is 0.333 e. The van der Waals surface area contributed by atoms with E-state index in [0.717, 1.165) is 0 Å². The van der Waals surface area contributed by atoms with Crippen molar-refractivity contribution < 1.29 is 29.5 Å². The Morgan fingerprint density at radius 1 is 1.36 bits per heavy atom. The maximum absolute atomic E-state index is 11.6. The summed E-state index contributed by atoms with van der Waals surface area (Å²) in [6.45, 7) is 1.35. The lowest BCUT2D eigenvalue weighted by Crippen LogP contribution is -2.30. The number of carbonyl (C=O) groups is 2. The number of hydrogen-bond acceptors (Lipinski definition) is 5. The normalized spacial score (nSPS) is 20.0. The molecule has 1 aliphatic carbocycles. The molecule has 0 radical (unpaired) electrons. The Labute approximate surface area is 147 Å². The van der Waals surface area contributed by atoms with Crippen LogP contribution in [0, 0.1) is 15.5 Å². The van der Waals surface area contributed by atoms with Gasteiger partial charge in [0.05, 0.1) is 28.1 Å². The Hall–Kier alpha value is -2.87. The fourth-order valence-corrected chi connectivity index (χ4v) is 2.87. The predicted molar refractivity (Wildman–Crippen MR) is 88.5 cm³/mol. The second-order valence-corrected chi connectivity index (χ2v) is 6.07. The number of nitro benzene ring substituents is 1. The lowest BCUT2D eigenvalue weighted by molar-refractivity contribution is -0.384. The molecule has 1 unspecified atom stereocenters. The summed E-state index contributed by atoms with van der Waals surface area (Å²) in [7, 11) is 1.33. The zero-order valence-corrected chi connectivity index (χ0v) is 14.0. The van der Waals surface area contributed by atoms with Crippen molar-refractivity contribution in [2.75, 3.05) is 7.11 Å². The minimum atomic E-state index is -1.53. The average Bonchev–Trinajstić information content (AvgIpc) is 2.55. The van der Waals surface area contributed by atoms with Crippen LogP contribution in [0.25, 0.3) is 5.57 Å². The molecule has 1 atom stereocenters. The summed E-state index contributed by atoms with van der Waals surface area (Å²) in [6.07, 6.45) is 0.989. The molecule has 132 valence electrons. The van der Waals surface area contributed by atoms with Crippen molar-refractivity contribution >= 4 is 34.8 Å². The van der Waals surface area contributed by atoms with Crippen LogP contribution in [0.2, 0.25) is 0 Å². The molecular formula is C16H14ClNO7. The van der Waals surface area contributed by atoms with Gasteiger partial charge in [0.2, 0.25) is 0 Å². The molecule has 0 aliphatic heterocycles. The standard InChI is InChI=1S/C16H14ClNO7/c1-16(15(21)22)6-10(13(17)11(7-16)14(19)20)9-5-8(18(23)24)3-4-12(9)25-2/h3-6H,7H2,1-2H3,(H,19,20)(H,21,22). The van der Waals surface area contributed by atoms with Gasteiger partial charge < -0.3 is 14.9 Å². The van der Waals surface area contributed by atoms with E-state index in [-0.39, 0.29) is 39.6 Å². The minimum Gasteiger partial charge on any atom is -0.496 e. The van der Waals surface area contributed by atoms with Gasteiger partial charge in [-0.3, -0.25) is 14.9 Å². The van der Waals surface area contributed by atoms with E-state index in [2.05, 4.69) is 0 Å². The van der Waals surface area contributed by atoms with Crippen LogP contribution in [0.5, 0.6) is 5.75 Å². The molecule has 1 aromatic rings. The van der Waals surface area contributed by atoms with E-state index in [1.54, 1.807) is 0 Å². The lowest BCUT2D eigenvalue weighted by Gasteiger charge is -2.28. The number of nitrogens with zero attached hydrogens (tertiary/aromatic N) is 1. The number of halogens is 1. The van der Waals surface area contributed by atoms with Gasteiger partial charge in [-0.1, -0.05) is 17.7 Å². The largest absolute Gasteiger partial charge is 0.496 e. The van der Waals surface area contributed by atoms with Crippen LogP contribution in [0.15, 0.2) is 34.9 Å². The third-order valence-corrected chi connectivity index (χ3v) is 4.37. The highest BCUT2D eigenvalue weighted by Gasteiger charge is 2.40. The monoisotopic (exact) mass is 367 g/mol. The van der Waals surface area contributed by atoms with Gasteiger partial charge in [0.15, 0.2) is 0 Å². The van der Waals surface area contributed by atoms with E-state index in [1.165, 1.54) is 38.3 Å². The zero-order valence-electron chi connectivity index (χ0n) is 13.3. The van der Waals surface area contributed by atoms with Crippen molar-refractivity contribution in [3.8, 4) is 5.75 Å². The highest BCUT2D eigenvalue weighted by atomic mass is 35.5. The fourth-order valence-electron chi connectivity index (χ4n) is 2.56. The molecule has 0 fully saturated rings. The van der Waals surface area contributed by atoms with Gasteiger partial charge in [-0.2, -0.15) is 0 Å². The van der Waals surface area contributed by atoms with Crippen LogP contribution in [-0.2, 0) is 9.59 Å². The second kappa shape index (κ2) is 6.56. The maximum atomic E-state index is 11.6. The van der Waals surface area contributed by atoms with Gasteiger partial charge in [0.25, 0.3) is 5.69 Å². The second-order valence-electron chi connectivity index (χ2n) is 5.70. The topological polar surface area (TPSA) is 127 Å². The molecule has 1 aliphatic rings. The van der Waals surface area contributed by atoms with E-state index in [9.17, 15) is 29.9 Å². The van der Waals surface area contributed by atoms with E-state index < -0.39 is 22.3 Å². The Kier molecular flexibility index (Phi) is 4.85. The first-order valence-corrected chi connectivity index (χ1v) is 7.40. The first kappa shape index (κ1) is 18.5. The molecule has 0 saturated heterocycles. The van der Waals surface area contributed by atoms with Crippen LogP contribution >= 0.6 is 11.6 Å². The number of non-ortho nitro benzene ring substituents is 1. The molecular weight excluding hydrogens is 354 g/mol. The molecule has 0 spiro atoms. The highest BCUT2D eigenvalue weighted by Crippen LogP contribution is 2.46. The number of nitro groups is 1. The number of ether oxygens (including phenoxy) is 1. The number of rotatable bonds is 5. The zero-order chi connectivity index (χ0) is 18.9. The van der Waals surface area contributed by atoms with Crippen molar-refractivity contribution in [1.82, 2.24) is 0 Å². The number of aliphatic carboxylic acids is 2. The van der Waals surface area contributed by atoms with E-state index in [1.807, 2.05) is 0 Å². The number of allylic oxidation sites excluding steroid dienone is 2. The van der Waals surface area contributed by atoms with Gasteiger partial charge in [0.1, 0.15) is 5.75 Å². The molecule has 25 heavy (non-hydrogen) atoms. The summed E-state index contributed by atoms with van der Waals surface area (Å²) < 4.78 is 5.17. The van der Waals surface area contributed by atoms with E-state index >= 15 is 0 Å². The summed E-state index contributed by atoms with van der Waals surface area (Å²) in [6, 6.07) is 3.73. The van der Waals surface area contributed by atoms with Gasteiger partial charge in [0, 0.05) is 29.7 Å². The Balaban J connectivity index is 2.79. The quantitative estimate of drug-likeness (QED) is 0.604. The molecule has 0 aromatic heterocycles. The maximum Gasteiger partial charge on any atom is 0.333 e. The SMILES string of the molecule is COc1ccc([N+](=O)[O-])cc1C1=CC(C)(C(=O)O)CC(C(=O)O)=C1Cl. The third kappa shape index (κ3) is 3.34. The summed E-state index contributed by atoms with van der Waals surface area (Å²) in [5, 5.41) is 29.7. The van der Waals surface area contributed by atoms with Crippen molar-refractivity contribution in [3.05, 3.63) is 50.6 Å². The molecule has 2 N–H and O–H groups in total. The number of methoxy groups -OCH3 is 1. The number of carboxylic acid groups (broad SMARTS) is 2. The van der Waals surface area contributed by atoms with Gasteiger partial charge >= 0.3 is 11.9 Å². The fraction of sp³-hybridized carbons (Fsp3) is 0.250. The van der Waals surface area contributed by atoms with E-state index in [4.69, 9.17) is 16.3 Å².